The molecule has 1 aromatic carbocycles. The molecule has 0 spiro atoms. The molecule has 0 aliphatic heterocycles. The van der Waals surface area contributed by atoms with Crippen LogP contribution >= 0.6 is 11.6 Å². The maximum atomic E-state index is 10.8. The van der Waals surface area contributed by atoms with Crippen molar-refractivity contribution in [2.45, 2.75) is 37.7 Å². The van der Waals surface area contributed by atoms with E-state index >= 15 is 0 Å². The number of fused-ring (bicyclic) bond motifs is 1. The van der Waals surface area contributed by atoms with Crippen molar-refractivity contribution in [1.82, 2.24) is 9.97 Å². The highest BCUT2D eigenvalue weighted by atomic mass is 35.5. The number of para-hydroxylation sites is 1. The molecule has 0 saturated heterocycles. The summed E-state index contributed by atoms with van der Waals surface area (Å²) in [5.74, 6) is 0. The Morgan fingerprint density at radius 2 is 1.94 bits per heavy atom. The first-order valence-electron chi connectivity index (χ1n) is 6.33. The van der Waals surface area contributed by atoms with Crippen molar-refractivity contribution in [2.24, 2.45) is 0 Å². The van der Waals surface area contributed by atoms with Crippen LogP contribution in [0.1, 0.15) is 37.7 Å². The number of hydrogen-bond donors (Lipinski definition) is 1. The SMILES string of the molecule is OC1(c2cccc3cnc(Cl)nc23)CCCCC1. The van der Waals surface area contributed by atoms with Gasteiger partial charge in [-0.3, -0.25) is 0 Å². The Morgan fingerprint density at radius 1 is 1.17 bits per heavy atom. The fourth-order valence-electron chi connectivity index (χ4n) is 2.82. The van der Waals surface area contributed by atoms with Gasteiger partial charge in [0.1, 0.15) is 0 Å². The summed E-state index contributed by atoms with van der Waals surface area (Å²) in [6.07, 6.45) is 6.63. The average Bonchev–Trinajstić information content (AvgIpc) is 2.38. The van der Waals surface area contributed by atoms with E-state index < -0.39 is 5.60 Å². The topological polar surface area (TPSA) is 46.0 Å². The minimum absolute atomic E-state index is 0.231. The van der Waals surface area contributed by atoms with Gasteiger partial charge in [0, 0.05) is 17.1 Å². The molecule has 94 valence electrons. The molecule has 2 aromatic rings. The van der Waals surface area contributed by atoms with Crippen LogP contribution in [0, 0.1) is 0 Å². The maximum absolute atomic E-state index is 10.8. The van der Waals surface area contributed by atoms with Gasteiger partial charge in [0.15, 0.2) is 0 Å². The van der Waals surface area contributed by atoms with E-state index in [2.05, 4.69) is 9.97 Å². The van der Waals surface area contributed by atoms with E-state index in [9.17, 15) is 5.11 Å². The first kappa shape index (κ1) is 11.9. The summed E-state index contributed by atoms with van der Waals surface area (Å²) >= 11 is 5.87. The summed E-state index contributed by atoms with van der Waals surface area (Å²) in [6.45, 7) is 0. The Hall–Kier alpha value is -1.19. The van der Waals surface area contributed by atoms with E-state index in [-0.39, 0.29) is 5.28 Å². The molecule has 1 aliphatic rings. The third-order valence-electron chi connectivity index (χ3n) is 3.76. The zero-order valence-corrected chi connectivity index (χ0v) is 10.8. The van der Waals surface area contributed by atoms with E-state index in [0.717, 1.165) is 42.1 Å². The molecule has 0 amide bonds. The van der Waals surface area contributed by atoms with Crippen LogP contribution in [0.25, 0.3) is 10.9 Å². The largest absolute Gasteiger partial charge is 0.385 e. The highest BCUT2D eigenvalue weighted by Crippen LogP contribution is 2.39. The highest BCUT2D eigenvalue weighted by molar-refractivity contribution is 6.28. The zero-order valence-electron chi connectivity index (χ0n) is 10.1. The molecule has 0 unspecified atom stereocenters. The number of aliphatic hydroxyl groups is 1. The molecule has 1 fully saturated rings. The lowest BCUT2D eigenvalue weighted by molar-refractivity contribution is 0.000601. The van der Waals surface area contributed by atoms with Crippen molar-refractivity contribution in [3.8, 4) is 0 Å². The van der Waals surface area contributed by atoms with Gasteiger partial charge in [-0.1, -0.05) is 37.5 Å². The summed E-state index contributed by atoms with van der Waals surface area (Å²) in [4.78, 5) is 8.28. The van der Waals surface area contributed by atoms with Gasteiger partial charge < -0.3 is 5.11 Å². The van der Waals surface area contributed by atoms with Gasteiger partial charge in [-0.05, 0) is 24.4 Å². The molecule has 0 atom stereocenters. The fourth-order valence-corrected chi connectivity index (χ4v) is 2.95. The molecule has 3 nitrogen and oxygen atoms in total. The molecule has 4 heteroatoms. The van der Waals surface area contributed by atoms with Crippen LogP contribution in [0.2, 0.25) is 5.28 Å². The molecule has 18 heavy (non-hydrogen) atoms. The van der Waals surface area contributed by atoms with Crippen LogP contribution in [0.15, 0.2) is 24.4 Å². The van der Waals surface area contributed by atoms with Gasteiger partial charge in [0.05, 0.1) is 11.1 Å². The monoisotopic (exact) mass is 262 g/mol. The quantitative estimate of drug-likeness (QED) is 0.801. The van der Waals surface area contributed by atoms with Crippen LogP contribution in [0.5, 0.6) is 0 Å². The molecule has 1 aliphatic carbocycles. The minimum atomic E-state index is -0.755. The third kappa shape index (κ3) is 1.98. The molecule has 0 radical (unpaired) electrons. The number of nitrogens with zero attached hydrogens (tertiary/aromatic N) is 2. The summed E-state index contributed by atoms with van der Waals surface area (Å²) in [7, 11) is 0. The Labute approximate surface area is 111 Å². The summed E-state index contributed by atoms with van der Waals surface area (Å²) < 4.78 is 0. The van der Waals surface area contributed by atoms with Crippen molar-refractivity contribution >= 4 is 22.5 Å². The van der Waals surface area contributed by atoms with E-state index in [4.69, 9.17) is 11.6 Å². The first-order valence-corrected chi connectivity index (χ1v) is 6.71. The molecular weight excluding hydrogens is 248 g/mol. The summed E-state index contributed by atoms with van der Waals surface area (Å²) in [5.41, 5.74) is 0.918. The Bertz CT molecular complexity index is 579. The number of rotatable bonds is 1. The van der Waals surface area contributed by atoms with E-state index in [1.165, 1.54) is 6.42 Å². The van der Waals surface area contributed by atoms with Gasteiger partial charge in [0.2, 0.25) is 5.28 Å². The highest BCUT2D eigenvalue weighted by Gasteiger charge is 2.33. The Balaban J connectivity index is 2.18. The van der Waals surface area contributed by atoms with Crippen molar-refractivity contribution in [3.63, 3.8) is 0 Å². The summed E-state index contributed by atoms with van der Waals surface area (Å²) in [5, 5.41) is 12.0. The van der Waals surface area contributed by atoms with E-state index in [1.807, 2.05) is 18.2 Å². The normalized spacial score (nSPS) is 19.0. The van der Waals surface area contributed by atoms with E-state index in [0.29, 0.717) is 0 Å². The van der Waals surface area contributed by atoms with Crippen LogP contribution in [0.4, 0.5) is 0 Å². The smallest absolute Gasteiger partial charge is 0.222 e. The second kappa shape index (κ2) is 4.48. The van der Waals surface area contributed by atoms with Gasteiger partial charge in [-0.25, -0.2) is 9.97 Å². The first-order chi connectivity index (χ1) is 8.69. The van der Waals surface area contributed by atoms with Crippen molar-refractivity contribution in [3.05, 3.63) is 35.2 Å². The second-order valence-corrected chi connectivity index (χ2v) is 5.31. The van der Waals surface area contributed by atoms with Gasteiger partial charge in [0.25, 0.3) is 0 Å². The van der Waals surface area contributed by atoms with Gasteiger partial charge in [-0.15, -0.1) is 0 Å². The van der Waals surface area contributed by atoms with Crippen LogP contribution < -0.4 is 0 Å². The third-order valence-corrected chi connectivity index (χ3v) is 3.95. The number of hydrogen-bond acceptors (Lipinski definition) is 3. The van der Waals surface area contributed by atoms with Crippen molar-refractivity contribution in [1.29, 1.82) is 0 Å². The van der Waals surface area contributed by atoms with Crippen molar-refractivity contribution < 1.29 is 5.11 Å². The predicted octanol–water partition coefficient (Wildman–Crippen LogP) is 3.43. The maximum Gasteiger partial charge on any atom is 0.222 e. The number of benzene rings is 1. The van der Waals surface area contributed by atoms with Crippen LogP contribution in [0.3, 0.4) is 0 Å². The predicted molar refractivity (Wildman–Crippen MR) is 71.5 cm³/mol. The lowest BCUT2D eigenvalue weighted by atomic mass is 9.79. The molecule has 1 saturated carbocycles. The summed E-state index contributed by atoms with van der Waals surface area (Å²) in [6, 6.07) is 5.85. The van der Waals surface area contributed by atoms with Crippen LogP contribution in [-0.2, 0) is 5.60 Å². The standard InChI is InChI=1S/C14H15ClN2O/c15-13-16-9-10-5-4-6-11(12(10)17-13)14(18)7-2-1-3-8-14/h4-6,9,18H,1-3,7-8H2. The average molecular weight is 263 g/mol. The fraction of sp³-hybridized carbons (Fsp3) is 0.429. The molecular formula is C14H15ClN2O. The van der Waals surface area contributed by atoms with Gasteiger partial charge in [-0.2, -0.15) is 0 Å². The molecule has 1 aromatic heterocycles. The lowest BCUT2D eigenvalue weighted by Gasteiger charge is -2.33. The number of aromatic nitrogens is 2. The van der Waals surface area contributed by atoms with E-state index in [1.54, 1.807) is 6.20 Å². The Kier molecular flexibility index (Phi) is 2.96. The zero-order chi connectivity index (χ0) is 12.6. The van der Waals surface area contributed by atoms with Crippen LogP contribution in [-0.4, -0.2) is 15.1 Å². The molecule has 1 N–H and O–H groups in total. The molecule has 3 rings (SSSR count). The van der Waals surface area contributed by atoms with Gasteiger partial charge >= 0.3 is 0 Å². The number of halogens is 1. The second-order valence-electron chi connectivity index (χ2n) is 4.97. The Morgan fingerprint density at radius 3 is 2.72 bits per heavy atom. The molecule has 1 heterocycles. The molecule has 0 bridgehead atoms. The van der Waals surface area contributed by atoms with Crippen molar-refractivity contribution in [2.75, 3.05) is 0 Å². The minimum Gasteiger partial charge on any atom is -0.385 e. The lowest BCUT2D eigenvalue weighted by Crippen LogP contribution is -2.28.